The highest BCUT2D eigenvalue weighted by Gasteiger charge is 2.35. The van der Waals surface area contributed by atoms with E-state index < -0.39 is 0 Å². The summed E-state index contributed by atoms with van der Waals surface area (Å²) in [4.78, 5) is 14.9. The molecule has 0 bridgehead atoms. The van der Waals surface area contributed by atoms with Crippen LogP contribution in [-0.2, 0) is 16.1 Å². The molecule has 0 aromatic carbocycles. The van der Waals surface area contributed by atoms with Gasteiger partial charge in [-0.3, -0.25) is 4.79 Å². The van der Waals surface area contributed by atoms with Crippen LogP contribution in [-0.4, -0.2) is 39.3 Å². The molecule has 2 rings (SSSR count). The first kappa shape index (κ1) is 17.9. The van der Waals surface area contributed by atoms with Crippen molar-refractivity contribution in [2.24, 2.45) is 5.92 Å². The number of aromatic nitrogens is 2. The largest absolute Gasteiger partial charge is 0.424 e. The van der Waals surface area contributed by atoms with Crippen molar-refractivity contribution >= 4 is 5.91 Å². The minimum Gasteiger partial charge on any atom is -0.424 e. The van der Waals surface area contributed by atoms with E-state index in [4.69, 9.17) is 9.15 Å². The summed E-state index contributed by atoms with van der Waals surface area (Å²) in [7, 11) is 0. The van der Waals surface area contributed by atoms with Gasteiger partial charge in [0.15, 0.2) is 0 Å². The zero-order valence-electron chi connectivity index (χ0n) is 15.0. The van der Waals surface area contributed by atoms with Crippen molar-refractivity contribution < 1.29 is 13.9 Å². The highest BCUT2D eigenvalue weighted by atomic mass is 16.5. The monoisotopic (exact) mass is 323 g/mol. The molecule has 0 spiro atoms. The zero-order chi connectivity index (χ0) is 17.0. The van der Waals surface area contributed by atoms with Crippen molar-refractivity contribution in [2.75, 3.05) is 6.61 Å². The molecule has 1 amide bonds. The van der Waals surface area contributed by atoms with Crippen molar-refractivity contribution in [3.8, 4) is 0 Å². The number of carbonyl (C=O) groups excluding carboxylic acids is 1. The van der Waals surface area contributed by atoms with E-state index in [1.165, 1.54) is 0 Å². The first-order valence-electron chi connectivity index (χ1n) is 8.53. The van der Waals surface area contributed by atoms with Crippen molar-refractivity contribution in [3.05, 3.63) is 11.8 Å². The molecule has 2 unspecified atom stereocenters. The summed E-state index contributed by atoms with van der Waals surface area (Å²) in [6, 6.07) is 0. The lowest BCUT2D eigenvalue weighted by Crippen LogP contribution is -2.49. The van der Waals surface area contributed by atoms with Crippen molar-refractivity contribution in [1.82, 2.24) is 15.1 Å². The Morgan fingerprint density at radius 2 is 2.09 bits per heavy atom. The molecule has 130 valence electrons. The second-order valence-corrected chi connectivity index (χ2v) is 7.31. The Balaban J connectivity index is 2.10. The van der Waals surface area contributed by atoms with Crippen LogP contribution in [0.15, 0.2) is 4.42 Å². The molecule has 1 aliphatic rings. The topological polar surface area (TPSA) is 68.5 Å². The molecule has 0 N–H and O–H groups in total. The lowest BCUT2D eigenvalue weighted by atomic mass is 9.90. The molecule has 1 aromatic heterocycles. The van der Waals surface area contributed by atoms with Crippen LogP contribution in [0.5, 0.6) is 0 Å². The van der Waals surface area contributed by atoms with Crippen LogP contribution < -0.4 is 0 Å². The lowest BCUT2D eigenvalue weighted by Gasteiger charge is -2.39. The Labute approximate surface area is 138 Å². The van der Waals surface area contributed by atoms with Crippen LogP contribution in [0.1, 0.15) is 65.2 Å². The van der Waals surface area contributed by atoms with Crippen LogP contribution in [0.25, 0.3) is 0 Å². The maximum Gasteiger partial charge on any atom is 0.235 e. The number of hydrogen-bond donors (Lipinski definition) is 0. The van der Waals surface area contributed by atoms with Gasteiger partial charge in [0.2, 0.25) is 17.7 Å². The number of nitrogens with zero attached hydrogens (tertiary/aromatic N) is 3. The van der Waals surface area contributed by atoms with E-state index in [1.807, 2.05) is 25.7 Å². The highest BCUT2D eigenvalue weighted by molar-refractivity contribution is 5.79. The molecule has 2 heterocycles. The average Bonchev–Trinajstić information content (AvgIpc) is 2.89. The molecule has 2 atom stereocenters. The molecular weight excluding hydrogens is 294 g/mol. The van der Waals surface area contributed by atoms with E-state index in [-0.39, 0.29) is 23.5 Å². The van der Waals surface area contributed by atoms with Gasteiger partial charge >= 0.3 is 0 Å². The summed E-state index contributed by atoms with van der Waals surface area (Å²) >= 11 is 0. The maximum absolute atomic E-state index is 13.1. The molecule has 0 aliphatic carbocycles. The Morgan fingerprint density at radius 1 is 1.35 bits per heavy atom. The number of aryl methyl sites for hydroxylation is 1. The van der Waals surface area contributed by atoms with Crippen molar-refractivity contribution in [1.29, 1.82) is 0 Å². The average molecular weight is 323 g/mol. The third-order valence-corrected chi connectivity index (χ3v) is 4.26. The number of ether oxygens (including phenoxy) is 1. The third-order valence-electron chi connectivity index (χ3n) is 4.26. The molecule has 1 saturated heterocycles. The van der Waals surface area contributed by atoms with Gasteiger partial charge in [0.25, 0.3) is 0 Å². The van der Waals surface area contributed by atoms with Crippen molar-refractivity contribution in [2.45, 2.75) is 78.5 Å². The van der Waals surface area contributed by atoms with Gasteiger partial charge < -0.3 is 14.1 Å². The van der Waals surface area contributed by atoms with Gasteiger partial charge in [0, 0.05) is 25.0 Å². The molecule has 0 radical (unpaired) electrons. The second kappa shape index (κ2) is 7.43. The summed E-state index contributed by atoms with van der Waals surface area (Å²) in [5, 5.41) is 7.89. The third kappa shape index (κ3) is 4.77. The molecule has 1 aromatic rings. The van der Waals surface area contributed by atoms with E-state index in [9.17, 15) is 4.79 Å². The minimum absolute atomic E-state index is 0.0172. The summed E-state index contributed by atoms with van der Waals surface area (Å²) in [5.41, 5.74) is -0.294. The van der Waals surface area contributed by atoms with E-state index in [1.54, 1.807) is 6.92 Å². The molecule has 23 heavy (non-hydrogen) atoms. The number of carbonyl (C=O) groups is 1. The van der Waals surface area contributed by atoms with E-state index >= 15 is 0 Å². The number of rotatable bonds is 5. The minimum atomic E-state index is -0.294. The van der Waals surface area contributed by atoms with Gasteiger partial charge in [-0.2, -0.15) is 0 Å². The Morgan fingerprint density at radius 3 is 2.65 bits per heavy atom. The normalized spacial score (nSPS) is 22.1. The van der Waals surface area contributed by atoms with Gasteiger partial charge in [-0.05, 0) is 40.0 Å². The van der Waals surface area contributed by atoms with Crippen LogP contribution in [0.4, 0.5) is 0 Å². The predicted molar refractivity (Wildman–Crippen MR) is 86.7 cm³/mol. The molecule has 1 aliphatic heterocycles. The lowest BCUT2D eigenvalue weighted by molar-refractivity contribution is -0.147. The van der Waals surface area contributed by atoms with E-state index in [0.29, 0.717) is 24.9 Å². The molecule has 0 saturated carbocycles. The van der Waals surface area contributed by atoms with Crippen LogP contribution in [0.3, 0.4) is 0 Å². The molecular formula is C17H29N3O3. The van der Waals surface area contributed by atoms with E-state index in [2.05, 4.69) is 17.1 Å². The Bertz CT molecular complexity index is 519. The zero-order valence-corrected chi connectivity index (χ0v) is 15.0. The van der Waals surface area contributed by atoms with Gasteiger partial charge in [-0.25, -0.2) is 0 Å². The van der Waals surface area contributed by atoms with Gasteiger partial charge in [-0.15, -0.1) is 10.2 Å². The van der Waals surface area contributed by atoms with Crippen LogP contribution >= 0.6 is 0 Å². The quantitative estimate of drug-likeness (QED) is 0.833. The molecule has 6 heteroatoms. The fraction of sp³-hybridized carbons (Fsp3) is 0.824. The predicted octanol–water partition coefficient (Wildman–Crippen LogP) is 3.10. The van der Waals surface area contributed by atoms with Gasteiger partial charge in [-0.1, -0.05) is 13.3 Å². The van der Waals surface area contributed by atoms with Crippen LogP contribution in [0, 0.1) is 12.8 Å². The Kier molecular flexibility index (Phi) is 5.79. The smallest absolute Gasteiger partial charge is 0.235 e. The van der Waals surface area contributed by atoms with Gasteiger partial charge in [0.05, 0.1) is 12.6 Å². The molecule has 1 fully saturated rings. The van der Waals surface area contributed by atoms with Crippen molar-refractivity contribution in [3.63, 3.8) is 0 Å². The summed E-state index contributed by atoms with van der Waals surface area (Å²) in [6.45, 7) is 11.0. The fourth-order valence-corrected chi connectivity index (χ4v) is 3.03. The standard InChI is InChI=1S/C17H29N3O3/c1-6-7-14-10-13(8-9-22-14)16(21)20(17(3,4)5)11-15-19-18-12(2)23-15/h13-14H,6-11H2,1-5H3. The number of amides is 1. The SMILES string of the molecule is CCCC1CC(C(=O)N(Cc2nnc(C)o2)C(C)(C)C)CCO1. The first-order valence-corrected chi connectivity index (χ1v) is 8.53. The first-order chi connectivity index (χ1) is 10.8. The second-order valence-electron chi connectivity index (χ2n) is 7.31. The van der Waals surface area contributed by atoms with Crippen LogP contribution in [0.2, 0.25) is 0 Å². The summed E-state index contributed by atoms with van der Waals surface area (Å²) in [5.74, 6) is 1.19. The highest BCUT2D eigenvalue weighted by Crippen LogP contribution is 2.28. The number of hydrogen-bond acceptors (Lipinski definition) is 5. The fourth-order valence-electron chi connectivity index (χ4n) is 3.03. The summed E-state index contributed by atoms with van der Waals surface area (Å²) in [6.07, 6.45) is 3.89. The summed E-state index contributed by atoms with van der Waals surface area (Å²) < 4.78 is 11.2. The van der Waals surface area contributed by atoms with Gasteiger partial charge in [0.1, 0.15) is 0 Å². The molecule has 6 nitrogen and oxygen atoms in total. The Hall–Kier alpha value is -1.43. The maximum atomic E-state index is 13.1. The van der Waals surface area contributed by atoms with E-state index in [0.717, 1.165) is 25.7 Å².